The summed E-state index contributed by atoms with van der Waals surface area (Å²) < 4.78 is 0. The minimum atomic E-state index is -0.519. The quantitative estimate of drug-likeness (QED) is 0.736. The summed E-state index contributed by atoms with van der Waals surface area (Å²) in [5, 5.41) is 11.3. The van der Waals surface area contributed by atoms with Crippen molar-refractivity contribution < 1.29 is 4.79 Å². The molecule has 0 aromatic heterocycles. The van der Waals surface area contributed by atoms with Gasteiger partial charge in [-0.1, -0.05) is 0 Å². The molecule has 1 heterocycles. The van der Waals surface area contributed by atoms with E-state index in [1.165, 1.54) is 12.2 Å². The lowest BCUT2D eigenvalue weighted by Crippen LogP contribution is -2.32. The van der Waals surface area contributed by atoms with Gasteiger partial charge < -0.3 is 5.32 Å². The van der Waals surface area contributed by atoms with Crippen molar-refractivity contribution in [2.24, 2.45) is 11.8 Å². The number of rotatable bonds is 3. The number of hydrogen-bond acceptors (Lipinski definition) is 3. The Balaban J connectivity index is 2.18. The average Bonchev–Trinajstić information content (AvgIpc) is 2.65. The molecule has 0 spiro atoms. The van der Waals surface area contributed by atoms with E-state index in [1.807, 2.05) is 17.8 Å². The van der Waals surface area contributed by atoms with Gasteiger partial charge in [0.1, 0.15) is 5.92 Å². The molecule has 0 aliphatic carbocycles. The number of nitrogens with one attached hydrogen (secondary N) is 1. The molecule has 0 aromatic rings. The number of amides is 1. The molecule has 0 bridgehead atoms. The summed E-state index contributed by atoms with van der Waals surface area (Å²) in [6.07, 6.45) is 1.19. The molecule has 0 aromatic carbocycles. The van der Waals surface area contributed by atoms with Gasteiger partial charge in [0.15, 0.2) is 0 Å². The van der Waals surface area contributed by atoms with Crippen molar-refractivity contribution in [3.8, 4) is 6.07 Å². The zero-order chi connectivity index (χ0) is 9.68. The van der Waals surface area contributed by atoms with Crippen molar-refractivity contribution in [1.29, 1.82) is 5.26 Å². The Kier molecular flexibility index (Phi) is 4.10. The fraction of sp³-hybridized carbons (Fsp3) is 0.778. The van der Waals surface area contributed by atoms with Gasteiger partial charge >= 0.3 is 0 Å². The van der Waals surface area contributed by atoms with Crippen LogP contribution >= 0.6 is 11.8 Å². The van der Waals surface area contributed by atoms with Crippen LogP contribution in [0.2, 0.25) is 0 Å². The molecule has 1 rings (SSSR count). The van der Waals surface area contributed by atoms with Crippen molar-refractivity contribution in [2.75, 3.05) is 18.1 Å². The molecule has 2 atom stereocenters. The third-order valence-corrected chi connectivity index (χ3v) is 3.41. The van der Waals surface area contributed by atoms with Crippen LogP contribution in [0.15, 0.2) is 0 Å². The van der Waals surface area contributed by atoms with Crippen molar-refractivity contribution in [3.63, 3.8) is 0 Å². The number of thioether (sulfide) groups is 1. The lowest BCUT2D eigenvalue weighted by atomic mass is 10.1. The van der Waals surface area contributed by atoms with Crippen LogP contribution in [0.5, 0.6) is 0 Å². The molecule has 2 unspecified atom stereocenters. The van der Waals surface area contributed by atoms with E-state index in [2.05, 4.69) is 5.32 Å². The Morgan fingerprint density at radius 1 is 1.85 bits per heavy atom. The zero-order valence-electron chi connectivity index (χ0n) is 7.75. The standard InChI is InChI=1S/C9H14N2OS/c1-7(4-10)9(12)11-5-8-2-3-13-6-8/h7-8H,2-3,5-6H2,1H3,(H,11,12). The second kappa shape index (κ2) is 5.13. The molecule has 13 heavy (non-hydrogen) atoms. The van der Waals surface area contributed by atoms with Gasteiger partial charge in [-0.15, -0.1) is 0 Å². The number of nitriles is 1. The molecule has 1 aliphatic rings. The van der Waals surface area contributed by atoms with Gasteiger partial charge in [-0.05, 0) is 30.8 Å². The van der Waals surface area contributed by atoms with E-state index in [9.17, 15) is 4.79 Å². The Morgan fingerprint density at radius 3 is 3.15 bits per heavy atom. The van der Waals surface area contributed by atoms with Gasteiger partial charge in [-0.25, -0.2) is 0 Å². The molecule has 1 amide bonds. The molecule has 1 N–H and O–H groups in total. The van der Waals surface area contributed by atoms with Crippen LogP contribution in [-0.4, -0.2) is 24.0 Å². The summed E-state index contributed by atoms with van der Waals surface area (Å²) in [4.78, 5) is 11.2. The Morgan fingerprint density at radius 2 is 2.62 bits per heavy atom. The molecular formula is C9H14N2OS. The fourth-order valence-corrected chi connectivity index (χ4v) is 2.49. The molecule has 1 saturated heterocycles. The largest absolute Gasteiger partial charge is 0.355 e. The number of nitrogens with zero attached hydrogens (tertiary/aromatic N) is 1. The predicted octanol–water partition coefficient (Wildman–Crippen LogP) is 1.02. The van der Waals surface area contributed by atoms with Crippen LogP contribution < -0.4 is 5.32 Å². The Hall–Kier alpha value is -0.690. The van der Waals surface area contributed by atoms with Gasteiger partial charge in [-0.2, -0.15) is 17.0 Å². The summed E-state index contributed by atoms with van der Waals surface area (Å²) in [5.41, 5.74) is 0. The third-order valence-electron chi connectivity index (χ3n) is 2.18. The summed E-state index contributed by atoms with van der Waals surface area (Å²) in [5.74, 6) is 2.29. The first-order valence-corrected chi connectivity index (χ1v) is 5.64. The summed E-state index contributed by atoms with van der Waals surface area (Å²) in [6, 6.07) is 1.92. The molecule has 72 valence electrons. The highest BCUT2D eigenvalue weighted by atomic mass is 32.2. The van der Waals surface area contributed by atoms with Crippen LogP contribution in [0.4, 0.5) is 0 Å². The van der Waals surface area contributed by atoms with Crippen LogP contribution in [0, 0.1) is 23.2 Å². The van der Waals surface area contributed by atoms with E-state index in [4.69, 9.17) is 5.26 Å². The lowest BCUT2D eigenvalue weighted by Gasteiger charge is -2.10. The van der Waals surface area contributed by atoms with E-state index in [0.717, 1.165) is 12.3 Å². The van der Waals surface area contributed by atoms with E-state index in [0.29, 0.717) is 5.92 Å². The monoisotopic (exact) mass is 198 g/mol. The van der Waals surface area contributed by atoms with Gasteiger partial charge in [0, 0.05) is 6.54 Å². The normalized spacial score (nSPS) is 23.5. The highest BCUT2D eigenvalue weighted by Crippen LogP contribution is 2.22. The molecule has 1 fully saturated rings. The Bertz CT molecular complexity index is 218. The maximum absolute atomic E-state index is 11.2. The molecule has 0 radical (unpaired) electrons. The third kappa shape index (κ3) is 3.27. The minimum Gasteiger partial charge on any atom is -0.355 e. The lowest BCUT2D eigenvalue weighted by molar-refractivity contribution is -0.123. The molecular weight excluding hydrogens is 184 g/mol. The van der Waals surface area contributed by atoms with Gasteiger partial charge in [-0.3, -0.25) is 4.79 Å². The molecule has 1 aliphatic heterocycles. The second-order valence-electron chi connectivity index (χ2n) is 3.33. The van der Waals surface area contributed by atoms with Crippen molar-refractivity contribution >= 4 is 17.7 Å². The first-order chi connectivity index (χ1) is 6.24. The summed E-state index contributed by atoms with van der Waals surface area (Å²) in [7, 11) is 0. The van der Waals surface area contributed by atoms with Crippen LogP contribution in [0.1, 0.15) is 13.3 Å². The topological polar surface area (TPSA) is 52.9 Å². The highest BCUT2D eigenvalue weighted by Gasteiger charge is 2.17. The summed E-state index contributed by atoms with van der Waals surface area (Å²) in [6.45, 7) is 2.36. The molecule has 3 nitrogen and oxygen atoms in total. The van der Waals surface area contributed by atoms with Crippen molar-refractivity contribution in [2.45, 2.75) is 13.3 Å². The maximum atomic E-state index is 11.2. The van der Waals surface area contributed by atoms with Crippen LogP contribution in [0.25, 0.3) is 0 Å². The van der Waals surface area contributed by atoms with Crippen LogP contribution in [0.3, 0.4) is 0 Å². The molecule has 4 heteroatoms. The SMILES string of the molecule is CC(C#N)C(=O)NCC1CCSC1. The van der Waals surface area contributed by atoms with E-state index in [1.54, 1.807) is 6.92 Å². The van der Waals surface area contributed by atoms with E-state index < -0.39 is 5.92 Å². The van der Waals surface area contributed by atoms with Gasteiger partial charge in [0.25, 0.3) is 0 Å². The first kappa shape index (κ1) is 10.4. The van der Waals surface area contributed by atoms with Crippen LogP contribution in [-0.2, 0) is 4.79 Å². The van der Waals surface area contributed by atoms with E-state index in [-0.39, 0.29) is 5.91 Å². The minimum absolute atomic E-state index is 0.139. The maximum Gasteiger partial charge on any atom is 0.237 e. The number of hydrogen-bond donors (Lipinski definition) is 1. The molecule has 0 saturated carbocycles. The highest BCUT2D eigenvalue weighted by molar-refractivity contribution is 7.99. The number of carbonyl (C=O) groups excluding carboxylic acids is 1. The number of carbonyl (C=O) groups is 1. The predicted molar refractivity (Wildman–Crippen MR) is 53.2 cm³/mol. The van der Waals surface area contributed by atoms with Gasteiger partial charge in [0.05, 0.1) is 6.07 Å². The van der Waals surface area contributed by atoms with Crippen molar-refractivity contribution in [1.82, 2.24) is 5.32 Å². The smallest absolute Gasteiger partial charge is 0.237 e. The Labute approximate surface area is 82.9 Å². The second-order valence-corrected chi connectivity index (χ2v) is 4.48. The summed E-state index contributed by atoms with van der Waals surface area (Å²) >= 11 is 1.93. The fourth-order valence-electron chi connectivity index (χ4n) is 1.20. The average molecular weight is 198 g/mol. The zero-order valence-corrected chi connectivity index (χ0v) is 8.56. The van der Waals surface area contributed by atoms with Crippen molar-refractivity contribution in [3.05, 3.63) is 0 Å². The first-order valence-electron chi connectivity index (χ1n) is 4.49. The van der Waals surface area contributed by atoms with Gasteiger partial charge in [0.2, 0.25) is 5.91 Å². The van der Waals surface area contributed by atoms with E-state index >= 15 is 0 Å².